The highest BCUT2D eigenvalue weighted by Crippen LogP contribution is 2.16. The summed E-state index contributed by atoms with van der Waals surface area (Å²) < 4.78 is 13.1. The minimum atomic E-state index is -0.912. The molecule has 0 fully saturated rings. The number of aliphatic carboxylic acids is 1. The number of nitrogens with one attached hydrogen (secondary N) is 1. The maximum Gasteiger partial charge on any atom is 0.304 e. The molecule has 1 aromatic carbocycles. The second kappa shape index (κ2) is 7.00. The number of amides is 1. The highest BCUT2D eigenvalue weighted by atomic mass is 19.1. The van der Waals surface area contributed by atoms with Crippen LogP contribution in [0, 0.1) is 12.7 Å². The molecule has 1 amide bonds. The highest BCUT2D eigenvalue weighted by molar-refractivity contribution is 5.95. The number of carbonyl (C=O) groups is 2. The zero-order valence-electron chi connectivity index (χ0n) is 11.8. The highest BCUT2D eigenvalue weighted by Gasteiger charge is 2.19. The van der Waals surface area contributed by atoms with Gasteiger partial charge in [-0.25, -0.2) is 4.39 Å². The third kappa shape index (κ3) is 4.62. The molecule has 0 aromatic heterocycles. The molecule has 0 saturated heterocycles. The first-order valence-corrected chi connectivity index (χ1v) is 6.30. The Kier molecular flexibility index (Phi) is 5.64. The molecule has 20 heavy (non-hydrogen) atoms. The molecule has 0 heterocycles. The minimum absolute atomic E-state index is 0.0346. The largest absolute Gasteiger partial charge is 0.481 e. The van der Waals surface area contributed by atoms with Crippen molar-refractivity contribution < 1.29 is 19.1 Å². The van der Waals surface area contributed by atoms with Gasteiger partial charge in [-0.2, -0.15) is 0 Å². The Balaban J connectivity index is 2.65. The number of hydrogen-bond acceptors (Lipinski definition) is 3. The van der Waals surface area contributed by atoms with E-state index in [4.69, 9.17) is 5.11 Å². The molecule has 1 aromatic rings. The zero-order chi connectivity index (χ0) is 15.3. The van der Waals surface area contributed by atoms with E-state index in [1.54, 1.807) is 31.9 Å². The van der Waals surface area contributed by atoms with Gasteiger partial charge in [-0.15, -0.1) is 0 Å². The van der Waals surface area contributed by atoms with Crippen molar-refractivity contribution in [3.63, 3.8) is 0 Å². The lowest BCUT2D eigenvalue weighted by Gasteiger charge is -2.23. The van der Waals surface area contributed by atoms with Crippen LogP contribution < -0.4 is 5.32 Å². The lowest BCUT2D eigenvalue weighted by Crippen LogP contribution is -2.40. The van der Waals surface area contributed by atoms with Crippen LogP contribution in [0.25, 0.3) is 0 Å². The molecule has 0 aliphatic heterocycles. The van der Waals surface area contributed by atoms with Crippen molar-refractivity contribution in [1.29, 1.82) is 0 Å². The standard InChI is InChI=1S/C14H19FN2O3/c1-9-4-5-11(15)8-12(9)16-14(20)10(2)17(3)7-6-13(18)19/h4-5,8,10H,6-7H2,1-3H3,(H,16,20)(H,18,19). The van der Waals surface area contributed by atoms with Crippen LogP contribution in [0.4, 0.5) is 10.1 Å². The smallest absolute Gasteiger partial charge is 0.304 e. The maximum atomic E-state index is 13.1. The van der Waals surface area contributed by atoms with E-state index in [1.165, 1.54) is 12.1 Å². The van der Waals surface area contributed by atoms with Gasteiger partial charge < -0.3 is 10.4 Å². The summed E-state index contributed by atoms with van der Waals surface area (Å²) >= 11 is 0. The number of carboxylic acid groups (broad SMARTS) is 1. The maximum absolute atomic E-state index is 13.1. The number of carboxylic acids is 1. The van der Waals surface area contributed by atoms with Gasteiger partial charge >= 0.3 is 5.97 Å². The quantitative estimate of drug-likeness (QED) is 0.835. The lowest BCUT2D eigenvalue weighted by molar-refractivity contribution is -0.137. The summed E-state index contributed by atoms with van der Waals surface area (Å²) in [6.07, 6.45) is -0.0346. The molecule has 1 unspecified atom stereocenters. The number of likely N-dealkylation sites (N-methyl/N-ethyl adjacent to an activating group) is 1. The van der Waals surface area contributed by atoms with Gasteiger partial charge in [0.05, 0.1) is 12.5 Å². The van der Waals surface area contributed by atoms with Gasteiger partial charge in [0, 0.05) is 12.2 Å². The number of halogens is 1. The fourth-order valence-corrected chi connectivity index (χ4v) is 1.63. The Bertz CT molecular complexity index is 505. The summed E-state index contributed by atoms with van der Waals surface area (Å²) in [4.78, 5) is 24.2. The van der Waals surface area contributed by atoms with Gasteiger partial charge in [0.1, 0.15) is 5.82 Å². The van der Waals surface area contributed by atoms with Gasteiger partial charge in [-0.1, -0.05) is 6.07 Å². The van der Waals surface area contributed by atoms with Crippen LogP contribution in [-0.2, 0) is 9.59 Å². The van der Waals surface area contributed by atoms with Crippen molar-refractivity contribution in [2.24, 2.45) is 0 Å². The van der Waals surface area contributed by atoms with Crippen molar-refractivity contribution >= 4 is 17.6 Å². The molecular weight excluding hydrogens is 263 g/mol. The summed E-state index contributed by atoms with van der Waals surface area (Å²) in [6.45, 7) is 3.71. The van der Waals surface area contributed by atoms with Crippen LogP contribution >= 0.6 is 0 Å². The molecule has 110 valence electrons. The molecule has 5 nitrogen and oxygen atoms in total. The van der Waals surface area contributed by atoms with Crippen molar-refractivity contribution in [2.45, 2.75) is 26.3 Å². The first-order chi connectivity index (χ1) is 9.31. The third-order valence-electron chi connectivity index (χ3n) is 3.18. The van der Waals surface area contributed by atoms with E-state index in [0.717, 1.165) is 5.56 Å². The Morgan fingerprint density at radius 1 is 1.45 bits per heavy atom. The van der Waals surface area contributed by atoms with Crippen molar-refractivity contribution in [3.8, 4) is 0 Å². The SMILES string of the molecule is Cc1ccc(F)cc1NC(=O)C(C)N(C)CCC(=O)O. The number of rotatable bonds is 6. The van der Waals surface area contributed by atoms with Gasteiger partial charge in [0.2, 0.25) is 5.91 Å². The van der Waals surface area contributed by atoms with Crippen LogP contribution in [-0.4, -0.2) is 41.5 Å². The first-order valence-electron chi connectivity index (χ1n) is 6.30. The monoisotopic (exact) mass is 282 g/mol. The molecule has 1 atom stereocenters. The van der Waals surface area contributed by atoms with Crippen LogP contribution in [0.5, 0.6) is 0 Å². The Morgan fingerprint density at radius 3 is 2.70 bits per heavy atom. The number of aryl methyl sites for hydroxylation is 1. The number of nitrogens with zero attached hydrogens (tertiary/aromatic N) is 1. The molecule has 2 N–H and O–H groups in total. The molecule has 0 spiro atoms. The molecule has 0 aliphatic carbocycles. The van der Waals surface area contributed by atoms with E-state index < -0.39 is 17.8 Å². The Labute approximate surface area is 117 Å². The predicted molar refractivity (Wildman–Crippen MR) is 74.1 cm³/mol. The first kappa shape index (κ1) is 16.1. The van der Waals surface area contributed by atoms with Gasteiger partial charge in [-0.3, -0.25) is 14.5 Å². The number of hydrogen-bond donors (Lipinski definition) is 2. The van der Waals surface area contributed by atoms with Crippen molar-refractivity contribution in [2.75, 3.05) is 18.9 Å². The van der Waals surface area contributed by atoms with Gasteiger partial charge in [0.15, 0.2) is 0 Å². The molecule has 0 saturated carbocycles. The molecule has 0 radical (unpaired) electrons. The lowest BCUT2D eigenvalue weighted by atomic mass is 10.2. The van der Waals surface area contributed by atoms with E-state index in [1.807, 2.05) is 0 Å². The predicted octanol–water partition coefficient (Wildman–Crippen LogP) is 1.87. The van der Waals surface area contributed by atoms with E-state index in [9.17, 15) is 14.0 Å². The molecule has 0 bridgehead atoms. The molecule has 0 aliphatic rings. The molecule has 6 heteroatoms. The van der Waals surface area contributed by atoms with E-state index in [2.05, 4.69) is 5.32 Å². The second-order valence-corrected chi connectivity index (χ2v) is 4.75. The van der Waals surface area contributed by atoms with E-state index in [0.29, 0.717) is 5.69 Å². The van der Waals surface area contributed by atoms with Crippen LogP contribution in [0.1, 0.15) is 18.9 Å². The summed E-state index contributed by atoms with van der Waals surface area (Å²) in [7, 11) is 1.67. The van der Waals surface area contributed by atoms with Gasteiger partial charge in [0.25, 0.3) is 0 Å². The fourth-order valence-electron chi connectivity index (χ4n) is 1.63. The summed E-state index contributed by atoms with van der Waals surface area (Å²) in [5.74, 6) is -1.63. The number of carbonyl (C=O) groups excluding carboxylic acids is 1. The average molecular weight is 282 g/mol. The van der Waals surface area contributed by atoms with Crippen LogP contribution in [0.2, 0.25) is 0 Å². The van der Waals surface area contributed by atoms with E-state index >= 15 is 0 Å². The van der Waals surface area contributed by atoms with Crippen molar-refractivity contribution in [1.82, 2.24) is 4.90 Å². The molecular formula is C14H19FN2O3. The topological polar surface area (TPSA) is 69.6 Å². The summed E-state index contributed by atoms with van der Waals surface area (Å²) in [5, 5.41) is 11.3. The number of benzene rings is 1. The number of anilines is 1. The third-order valence-corrected chi connectivity index (χ3v) is 3.18. The fraction of sp³-hybridized carbons (Fsp3) is 0.429. The zero-order valence-corrected chi connectivity index (χ0v) is 11.8. The Hall–Kier alpha value is -1.95. The van der Waals surface area contributed by atoms with Gasteiger partial charge in [-0.05, 0) is 38.6 Å². The minimum Gasteiger partial charge on any atom is -0.481 e. The van der Waals surface area contributed by atoms with Crippen LogP contribution in [0.3, 0.4) is 0 Å². The van der Waals surface area contributed by atoms with Crippen molar-refractivity contribution in [3.05, 3.63) is 29.6 Å². The normalized spacial score (nSPS) is 12.2. The second-order valence-electron chi connectivity index (χ2n) is 4.75. The van der Waals surface area contributed by atoms with E-state index in [-0.39, 0.29) is 18.9 Å². The van der Waals surface area contributed by atoms with Crippen LogP contribution in [0.15, 0.2) is 18.2 Å². The summed E-state index contributed by atoms with van der Waals surface area (Å²) in [5.41, 5.74) is 1.19. The average Bonchev–Trinajstić information content (AvgIpc) is 2.39. The Morgan fingerprint density at radius 2 is 2.10 bits per heavy atom. The summed E-state index contributed by atoms with van der Waals surface area (Å²) in [6, 6.07) is 3.67. The molecule has 1 rings (SSSR count).